The molecule has 2 N–H and O–H groups in total. The number of carbonyl (C=O) groups excluding carboxylic acids is 1. The third-order valence-corrected chi connectivity index (χ3v) is 4.98. The van der Waals surface area contributed by atoms with Gasteiger partial charge in [-0.15, -0.1) is 0 Å². The molecule has 1 unspecified atom stereocenters. The molecule has 0 bridgehead atoms. The van der Waals surface area contributed by atoms with Gasteiger partial charge in [-0.1, -0.05) is 36.4 Å². The predicted molar refractivity (Wildman–Crippen MR) is 117 cm³/mol. The van der Waals surface area contributed by atoms with Crippen LogP contribution in [-0.4, -0.2) is 39.8 Å². The average molecular weight is 405 g/mol. The second-order valence-corrected chi connectivity index (χ2v) is 7.24. The molecule has 0 aliphatic heterocycles. The van der Waals surface area contributed by atoms with E-state index in [-0.39, 0.29) is 5.91 Å². The number of benzene rings is 3. The van der Waals surface area contributed by atoms with Gasteiger partial charge in [-0.25, -0.2) is 0 Å². The smallest absolute Gasteiger partial charge is 0.279 e. The van der Waals surface area contributed by atoms with Crippen molar-refractivity contribution in [2.24, 2.45) is 0 Å². The van der Waals surface area contributed by atoms with Gasteiger partial charge in [-0.05, 0) is 24.3 Å². The first-order chi connectivity index (χ1) is 14.6. The van der Waals surface area contributed by atoms with Crippen molar-refractivity contribution in [3.05, 3.63) is 66.7 Å². The van der Waals surface area contributed by atoms with Crippen LogP contribution in [0.1, 0.15) is 0 Å². The molecule has 1 amide bonds. The summed E-state index contributed by atoms with van der Waals surface area (Å²) in [7, 11) is 3.56. The molecule has 0 saturated heterocycles. The minimum absolute atomic E-state index is 0.0963. The van der Waals surface area contributed by atoms with E-state index in [0.717, 1.165) is 27.0 Å². The Hall–Kier alpha value is -3.51. The summed E-state index contributed by atoms with van der Waals surface area (Å²) in [5, 5.41) is 4.93. The summed E-state index contributed by atoms with van der Waals surface area (Å²) in [6, 6.07) is 21.2. The number of furan rings is 1. The summed E-state index contributed by atoms with van der Waals surface area (Å²) in [5.74, 6) is 1.34. The van der Waals surface area contributed by atoms with Gasteiger partial charge in [-0.3, -0.25) is 4.79 Å². The van der Waals surface area contributed by atoms with Crippen molar-refractivity contribution >= 4 is 33.5 Å². The molecule has 4 rings (SSSR count). The van der Waals surface area contributed by atoms with Crippen LogP contribution in [0.3, 0.4) is 0 Å². The van der Waals surface area contributed by atoms with Crippen LogP contribution in [0.4, 0.5) is 5.69 Å². The zero-order valence-electron chi connectivity index (χ0n) is 17.1. The van der Waals surface area contributed by atoms with Gasteiger partial charge >= 0.3 is 0 Å². The monoisotopic (exact) mass is 405 g/mol. The molecule has 30 heavy (non-hydrogen) atoms. The Morgan fingerprint density at radius 3 is 2.57 bits per heavy atom. The van der Waals surface area contributed by atoms with Gasteiger partial charge in [0.25, 0.3) is 5.91 Å². The summed E-state index contributed by atoms with van der Waals surface area (Å²) < 4.78 is 17.1. The maximum absolute atomic E-state index is 12.6. The van der Waals surface area contributed by atoms with Crippen LogP contribution < -0.4 is 19.7 Å². The maximum Gasteiger partial charge on any atom is 0.279 e. The molecule has 1 atom stereocenters. The van der Waals surface area contributed by atoms with E-state index in [9.17, 15) is 4.79 Å². The van der Waals surface area contributed by atoms with E-state index in [0.29, 0.717) is 36.7 Å². The fourth-order valence-corrected chi connectivity index (χ4v) is 3.43. The van der Waals surface area contributed by atoms with Crippen molar-refractivity contribution in [3.63, 3.8) is 0 Å². The first-order valence-corrected chi connectivity index (χ1v) is 9.92. The molecule has 0 saturated carbocycles. The van der Waals surface area contributed by atoms with Crippen molar-refractivity contribution in [3.8, 4) is 11.5 Å². The Labute approximate surface area is 175 Å². The average Bonchev–Trinajstić information content (AvgIpc) is 3.11. The topological polar surface area (TPSA) is 65.1 Å². The number of hydrogen-bond donors (Lipinski definition) is 2. The van der Waals surface area contributed by atoms with Crippen molar-refractivity contribution < 1.29 is 23.6 Å². The standard InChI is InChI=1S/C24H24N2O4/c1-26(12-13-29-17-8-4-3-5-9-17)16-24(27)25-20-15-22-19(14-23(20)28-2)18-10-6-7-11-21(18)30-22/h3-11,14-15H,12-13,16H2,1-2H3,(H,25,27)/p+1. The summed E-state index contributed by atoms with van der Waals surface area (Å²) in [6.45, 7) is 1.57. The molecule has 1 aromatic heterocycles. The molecule has 0 aliphatic carbocycles. The number of para-hydroxylation sites is 2. The third kappa shape index (κ3) is 4.39. The van der Waals surface area contributed by atoms with Crippen LogP contribution in [-0.2, 0) is 4.79 Å². The Morgan fingerprint density at radius 2 is 1.77 bits per heavy atom. The number of anilines is 1. The lowest BCUT2D eigenvalue weighted by molar-refractivity contribution is -0.871. The molecular weight excluding hydrogens is 380 g/mol. The zero-order chi connectivity index (χ0) is 20.9. The van der Waals surface area contributed by atoms with Crippen LogP contribution in [0, 0.1) is 0 Å². The molecule has 4 aromatic rings. The van der Waals surface area contributed by atoms with E-state index in [1.807, 2.05) is 73.8 Å². The number of nitrogens with one attached hydrogen (secondary N) is 2. The zero-order valence-corrected chi connectivity index (χ0v) is 17.1. The van der Waals surface area contributed by atoms with Gasteiger partial charge in [-0.2, -0.15) is 0 Å². The molecule has 0 radical (unpaired) electrons. The van der Waals surface area contributed by atoms with Gasteiger partial charge < -0.3 is 24.1 Å². The van der Waals surface area contributed by atoms with Gasteiger partial charge in [0.2, 0.25) is 0 Å². The molecule has 3 aromatic carbocycles. The van der Waals surface area contributed by atoms with E-state index >= 15 is 0 Å². The van der Waals surface area contributed by atoms with Crippen molar-refractivity contribution in [2.45, 2.75) is 0 Å². The molecule has 6 heteroatoms. The van der Waals surface area contributed by atoms with Gasteiger partial charge in [0.15, 0.2) is 6.54 Å². The minimum atomic E-state index is -0.0963. The first-order valence-electron chi connectivity index (χ1n) is 9.92. The number of fused-ring (bicyclic) bond motifs is 3. The van der Waals surface area contributed by atoms with Crippen molar-refractivity contribution in [1.82, 2.24) is 0 Å². The Balaban J connectivity index is 1.40. The lowest BCUT2D eigenvalue weighted by atomic mass is 10.1. The molecule has 0 fully saturated rings. The quantitative estimate of drug-likeness (QED) is 0.473. The highest BCUT2D eigenvalue weighted by Crippen LogP contribution is 2.36. The highest BCUT2D eigenvalue weighted by atomic mass is 16.5. The molecular formula is C24H25N2O4+. The van der Waals surface area contributed by atoms with Crippen molar-refractivity contribution in [1.29, 1.82) is 0 Å². The van der Waals surface area contributed by atoms with E-state index in [4.69, 9.17) is 13.9 Å². The molecule has 6 nitrogen and oxygen atoms in total. The fraction of sp³-hybridized carbons (Fsp3) is 0.208. The Morgan fingerprint density at radius 1 is 1.00 bits per heavy atom. The van der Waals surface area contributed by atoms with E-state index in [1.165, 1.54) is 0 Å². The summed E-state index contributed by atoms with van der Waals surface area (Å²) in [4.78, 5) is 13.6. The fourth-order valence-electron chi connectivity index (χ4n) is 3.43. The number of likely N-dealkylation sites (N-methyl/N-ethyl adjacent to an activating group) is 1. The lowest BCUT2D eigenvalue weighted by Crippen LogP contribution is -3.10. The van der Waals surface area contributed by atoms with Crippen molar-refractivity contribution in [2.75, 3.05) is 39.2 Å². The van der Waals surface area contributed by atoms with Crippen LogP contribution in [0.25, 0.3) is 21.9 Å². The van der Waals surface area contributed by atoms with Crippen LogP contribution in [0.2, 0.25) is 0 Å². The maximum atomic E-state index is 12.6. The summed E-state index contributed by atoms with van der Waals surface area (Å²) in [5.41, 5.74) is 2.12. The largest absolute Gasteiger partial charge is 0.495 e. The highest BCUT2D eigenvalue weighted by molar-refractivity contribution is 6.07. The third-order valence-electron chi connectivity index (χ3n) is 4.98. The predicted octanol–water partition coefficient (Wildman–Crippen LogP) is 3.13. The van der Waals surface area contributed by atoms with E-state index in [1.54, 1.807) is 7.11 Å². The van der Waals surface area contributed by atoms with Crippen LogP contribution in [0.15, 0.2) is 71.1 Å². The number of methoxy groups -OCH3 is 1. The number of amides is 1. The number of quaternary nitrogens is 1. The summed E-state index contributed by atoms with van der Waals surface area (Å²) >= 11 is 0. The minimum Gasteiger partial charge on any atom is -0.495 e. The van der Waals surface area contributed by atoms with Gasteiger partial charge in [0.05, 0.1) is 19.8 Å². The molecule has 0 aliphatic rings. The number of ether oxygens (including phenoxy) is 2. The number of hydrogen-bond acceptors (Lipinski definition) is 4. The van der Waals surface area contributed by atoms with Crippen LogP contribution in [0.5, 0.6) is 11.5 Å². The first kappa shape index (κ1) is 19.8. The number of carbonyl (C=O) groups is 1. The normalized spacial score (nSPS) is 12.1. The van der Waals surface area contributed by atoms with E-state index < -0.39 is 0 Å². The second-order valence-electron chi connectivity index (χ2n) is 7.24. The van der Waals surface area contributed by atoms with Gasteiger partial charge in [0, 0.05) is 16.8 Å². The molecule has 154 valence electrons. The van der Waals surface area contributed by atoms with Crippen LogP contribution >= 0.6 is 0 Å². The number of rotatable bonds is 8. The van der Waals surface area contributed by atoms with Gasteiger partial charge in [0.1, 0.15) is 35.8 Å². The summed E-state index contributed by atoms with van der Waals surface area (Å²) in [6.07, 6.45) is 0. The molecule has 0 spiro atoms. The molecule has 1 heterocycles. The second kappa shape index (κ2) is 8.88. The van der Waals surface area contributed by atoms with E-state index in [2.05, 4.69) is 5.32 Å². The SMILES string of the molecule is COc1cc2c(cc1NC(=O)C[NH+](C)CCOc1ccccc1)oc1ccccc12. The lowest BCUT2D eigenvalue weighted by Gasteiger charge is -2.15. The Bertz CT molecular complexity index is 1150. The Kier molecular flexibility index (Phi) is 5.86. The highest BCUT2D eigenvalue weighted by Gasteiger charge is 2.16.